The molecule has 1 amide bonds. The Hall–Kier alpha value is -2.89. The molecule has 0 spiro atoms. The zero-order valence-corrected chi connectivity index (χ0v) is 13.4. The molecule has 1 aromatic heterocycles. The molecule has 1 heterocycles. The number of carbonyl (C=O) groups is 2. The molecule has 2 aromatic rings. The second kappa shape index (κ2) is 8.10. The zero-order chi connectivity index (χ0) is 17.5. The van der Waals surface area contributed by atoms with Gasteiger partial charge in [-0.1, -0.05) is 30.3 Å². The van der Waals surface area contributed by atoms with Crippen LogP contribution in [0.3, 0.4) is 0 Å². The number of pyridine rings is 1. The number of carboxylic acids is 1. The summed E-state index contributed by atoms with van der Waals surface area (Å²) in [6.07, 6.45) is 1.89. The van der Waals surface area contributed by atoms with Crippen LogP contribution in [0.25, 0.3) is 0 Å². The van der Waals surface area contributed by atoms with Crippen molar-refractivity contribution in [3.8, 4) is 0 Å². The van der Waals surface area contributed by atoms with E-state index in [0.717, 1.165) is 11.1 Å². The number of nitrogens with zero attached hydrogens (tertiary/aromatic N) is 1. The quantitative estimate of drug-likeness (QED) is 0.803. The Kier molecular flexibility index (Phi) is 5.89. The molecule has 0 saturated heterocycles. The summed E-state index contributed by atoms with van der Waals surface area (Å²) in [5.74, 6) is -1.48. The van der Waals surface area contributed by atoms with Crippen LogP contribution in [0.4, 0.5) is 0 Å². The number of amides is 1. The van der Waals surface area contributed by atoms with Gasteiger partial charge in [0, 0.05) is 31.6 Å². The van der Waals surface area contributed by atoms with Gasteiger partial charge in [-0.15, -0.1) is 0 Å². The van der Waals surface area contributed by atoms with E-state index in [1.807, 2.05) is 37.3 Å². The van der Waals surface area contributed by atoms with Gasteiger partial charge in [0.15, 0.2) is 0 Å². The number of aryl methyl sites for hydroxylation is 2. The van der Waals surface area contributed by atoms with Crippen LogP contribution in [0.15, 0.2) is 53.5 Å². The van der Waals surface area contributed by atoms with Crippen molar-refractivity contribution in [2.75, 3.05) is 0 Å². The Morgan fingerprint density at radius 1 is 1.21 bits per heavy atom. The van der Waals surface area contributed by atoms with E-state index < -0.39 is 17.9 Å². The number of aliphatic carboxylic acids is 1. The standard InChI is InChI=1S/C18H20N2O4/c1-13-7-9-20(17(22)11-13)10-8-16(21)19-15(18(23)24)12-14-5-3-2-4-6-14/h2-7,9,11,15H,8,10,12H2,1H3,(H,19,21)(H,23,24). The average molecular weight is 328 g/mol. The van der Waals surface area contributed by atoms with E-state index in [-0.39, 0.29) is 24.9 Å². The minimum absolute atomic E-state index is 0.0432. The van der Waals surface area contributed by atoms with E-state index >= 15 is 0 Å². The van der Waals surface area contributed by atoms with Crippen LogP contribution >= 0.6 is 0 Å². The van der Waals surface area contributed by atoms with Gasteiger partial charge in [-0.2, -0.15) is 0 Å². The van der Waals surface area contributed by atoms with Crippen molar-refractivity contribution in [3.63, 3.8) is 0 Å². The Bertz CT molecular complexity index is 768. The lowest BCUT2D eigenvalue weighted by atomic mass is 10.1. The van der Waals surface area contributed by atoms with Gasteiger partial charge in [-0.3, -0.25) is 9.59 Å². The number of aromatic nitrogens is 1. The minimum atomic E-state index is -1.08. The van der Waals surface area contributed by atoms with Gasteiger partial charge in [0.25, 0.3) is 5.56 Å². The van der Waals surface area contributed by atoms with Crippen LogP contribution in [-0.2, 0) is 22.6 Å². The average Bonchev–Trinajstić information content (AvgIpc) is 2.54. The highest BCUT2D eigenvalue weighted by Crippen LogP contribution is 2.04. The first-order chi connectivity index (χ1) is 11.5. The fourth-order valence-corrected chi connectivity index (χ4v) is 2.33. The topological polar surface area (TPSA) is 88.4 Å². The van der Waals surface area contributed by atoms with Crippen molar-refractivity contribution >= 4 is 11.9 Å². The molecular weight excluding hydrogens is 308 g/mol. The van der Waals surface area contributed by atoms with Crippen molar-refractivity contribution < 1.29 is 14.7 Å². The highest BCUT2D eigenvalue weighted by Gasteiger charge is 2.20. The first-order valence-electron chi connectivity index (χ1n) is 7.69. The Labute approximate surface area is 139 Å². The molecule has 6 nitrogen and oxygen atoms in total. The molecule has 0 radical (unpaired) electrons. The maximum atomic E-state index is 12.0. The molecular formula is C18H20N2O4. The molecule has 1 unspecified atom stereocenters. The van der Waals surface area contributed by atoms with Gasteiger partial charge < -0.3 is 15.0 Å². The van der Waals surface area contributed by atoms with E-state index in [4.69, 9.17) is 0 Å². The predicted molar refractivity (Wildman–Crippen MR) is 89.8 cm³/mol. The van der Waals surface area contributed by atoms with Gasteiger partial charge in [-0.05, 0) is 24.1 Å². The second-order valence-electron chi connectivity index (χ2n) is 5.63. The summed E-state index contributed by atoms with van der Waals surface area (Å²) < 4.78 is 1.43. The number of carboxylic acid groups (broad SMARTS) is 1. The largest absolute Gasteiger partial charge is 0.480 e. The molecule has 1 aromatic carbocycles. The van der Waals surface area contributed by atoms with Crippen molar-refractivity contribution in [2.24, 2.45) is 0 Å². The van der Waals surface area contributed by atoms with Gasteiger partial charge in [-0.25, -0.2) is 4.79 Å². The van der Waals surface area contributed by atoms with Crippen LogP contribution in [-0.4, -0.2) is 27.6 Å². The Balaban J connectivity index is 1.93. The number of carbonyl (C=O) groups excluding carboxylic acids is 1. The van der Waals surface area contributed by atoms with Crippen LogP contribution in [0.1, 0.15) is 17.5 Å². The molecule has 0 aliphatic carbocycles. The smallest absolute Gasteiger partial charge is 0.326 e. The van der Waals surface area contributed by atoms with Crippen LogP contribution in [0.5, 0.6) is 0 Å². The third-order valence-corrected chi connectivity index (χ3v) is 3.65. The summed E-state index contributed by atoms with van der Waals surface area (Å²) in [6, 6.07) is 11.4. The second-order valence-corrected chi connectivity index (χ2v) is 5.63. The molecule has 6 heteroatoms. The van der Waals surface area contributed by atoms with Crippen molar-refractivity contribution in [1.29, 1.82) is 0 Å². The van der Waals surface area contributed by atoms with E-state index in [9.17, 15) is 19.5 Å². The van der Waals surface area contributed by atoms with Crippen LogP contribution in [0.2, 0.25) is 0 Å². The van der Waals surface area contributed by atoms with E-state index in [0.29, 0.717) is 0 Å². The maximum Gasteiger partial charge on any atom is 0.326 e. The van der Waals surface area contributed by atoms with Gasteiger partial charge in [0.05, 0.1) is 0 Å². The first-order valence-corrected chi connectivity index (χ1v) is 7.69. The highest BCUT2D eigenvalue weighted by molar-refractivity contribution is 5.83. The van der Waals surface area contributed by atoms with E-state index in [1.54, 1.807) is 12.3 Å². The molecule has 126 valence electrons. The fourth-order valence-electron chi connectivity index (χ4n) is 2.33. The van der Waals surface area contributed by atoms with Crippen molar-refractivity contribution in [3.05, 3.63) is 70.1 Å². The van der Waals surface area contributed by atoms with Crippen molar-refractivity contribution in [1.82, 2.24) is 9.88 Å². The van der Waals surface area contributed by atoms with Crippen molar-refractivity contribution in [2.45, 2.75) is 32.4 Å². The van der Waals surface area contributed by atoms with Gasteiger partial charge >= 0.3 is 5.97 Å². The lowest BCUT2D eigenvalue weighted by Crippen LogP contribution is -2.42. The number of rotatable bonds is 7. The minimum Gasteiger partial charge on any atom is -0.480 e. The fraction of sp³-hybridized carbons (Fsp3) is 0.278. The molecule has 1 atom stereocenters. The maximum absolute atomic E-state index is 12.0. The molecule has 24 heavy (non-hydrogen) atoms. The summed E-state index contributed by atoms with van der Waals surface area (Å²) in [4.78, 5) is 35.1. The summed E-state index contributed by atoms with van der Waals surface area (Å²) in [5.41, 5.74) is 1.51. The molecule has 2 N–H and O–H groups in total. The Morgan fingerprint density at radius 3 is 2.54 bits per heavy atom. The van der Waals surface area contributed by atoms with Crippen LogP contribution in [0, 0.1) is 6.92 Å². The van der Waals surface area contributed by atoms with Gasteiger partial charge in [0.1, 0.15) is 6.04 Å². The number of hydrogen-bond acceptors (Lipinski definition) is 3. The molecule has 0 saturated carbocycles. The lowest BCUT2D eigenvalue weighted by molar-refractivity contribution is -0.141. The normalized spacial score (nSPS) is 11.7. The number of benzene rings is 1. The highest BCUT2D eigenvalue weighted by atomic mass is 16.4. The summed E-state index contributed by atoms with van der Waals surface area (Å²) in [7, 11) is 0. The molecule has 0 aliphatic rings. The summed E-state index contributed by atoms with van der Waals surface area (Å²) in [5, 5.41) is 11.8. The zero-order valence-electron chi connectivity index (χ0n) is 13.4. The van der Waals surface area contributed by atoms with E-state index in [2.05, 4.69) is 5.32 Å². The molecule has 0 bridgehead atoms. The van der Waals surface area contributed by atoms with E-state index in [1.165, 1.54) is 10.6 Å². The molecule has 0 fully saturated rings. The SMILES string of the molecule is Cc1ccn(CCC(=O)NC(Cc2ccccc2)C(=O)O)c(=O)c1. The monoisotopic (exact) mass is 328 g/mol. The first kappa shape index (κ1) is 17.5. The molecule has 0 aliphatic heterocycles. The summed E-state index contributed by atoms with van der Waals surface area (Å²) in [6.45, 7) is 2.03. The van der Waals surface area contributed by atoms with Gasteiger partial charge in [0.2, 0.25) is 5.91 Å². The predicted octanol–water partition coefficient (Wildman–Crippen LogP) is 1.36. The lowest BCUT2D eigenvalue weighted by Gasteiger charge is -2.15. The molecule has 2 rings (SSSR count). The van der Waals surface area contributed by atoms with Crippen LogP contribution < -0.4 is 10.9 Å². The Morgan fingerprint density at radius 2 is 1.92 bits per heavy atom. The number of hydrogen-bond donors (Lipinski definition) is 2. The summed E-state index contributed by atoms with van der Waals surface area (Å²) >= 11 is 0. The third-order valence-electron chi connectivity index (χ3n) is 3.65. The third kappa shape index (κ3) is 5.08. The number of nitrogens with one attached hydrogen (secondary N) is 1.